The Labute approximate surface area is 192 Å². The van der Waals surface area contributed by atoms with Crippen LogP contribution >= 0.6 is 0 Å². The van der Waals surface area contributed by atoms with Gasteiger partial charge in [0.05, 0.1) is 29.6 Å². The number of piperidine rings is 1. The Morgan fingerprint density at radius 3 is 2.41 bits per heavy atom. The van der Waals surface area contributed by atoms with Crippen molar-refractivity contribution in [2.75, 3.05) is 0 Å². The Morgan fingerprint density at radius 2 is 1.76 bits per heavy atom. The maximum atomic E-state index is 13.7. The fourth-order valence-corrected chi connectivity index (χ4v) is 4.92. The lowest BCUT2D eigenvalue weighted by Gasteiger charge is -2.38. The van der Waals surface area contributed by atoms with Crippen molar-refractivity contribution in [3.63, 3.8) is 0 Å². The normalized spacial score (nSPS) is 23.9. The van der Waals surface area contributed by atoms with Crippen molar-refractivity contribution < 1.29 is 27.1 Å². The predicted octanol–water partition coefficient (Wildman–Crippen LogP) is 4.77. The van der Waals surface area contributed by atoms with Crippen molar-refractivity contribution in [3.8, 4) is 17.3 Å². The van der Waals surface area contributed by atoms with Crippen LogP contribution < -0.4 is 4.74 Å². The second-order valence-electron chi connectivity index (χ2n) is 8.56. The summed E-state index contributed by atoms with van der Waals surface area (Å²) in [6.45, 7) is 1.98. The molecule has 0 spiro atoms. The van der Waals surface area contributed by atoms with Crippen LogP contribution in [0.5, 0.6) is 5.88 Å². The molecule has 34 heavy (non-hydrogen) atoms. The minimum atomic E-state index is -4.47. The molecule has 10 heteroatoms. The zero-order chi connectivity index (χ0) is 24.0. The zero-order valence-corrected chi connectivity index (χ0v) is 18.0. The largest absolute Gasteiger partial charge is 0.472 e. The van der Waals surface area contributed by atoms with E-state index in [2.05, 4.69) is 15.0 Å². The highest BCUT2D eigenvalue weighted by atomic mass is 19.4. The van der Waals surface area contributed by atoms with Gasteiger partial charge in [-0.15, -0.1) is 0 Å². The van der Waals surface area contributed by atoms with E-state index in [1.165, 1.54) is 6.07 Å². The summed E-state index contributed by atoms with van der Waals surface area (Å²) in [5, 5.41) is 0. The Bertz CT molecular complexity index is 1200. The minimum Gasteiger partial charge on any atom is -0.472 e. The van der Waals surface area contributed by atoms with Gasteiger partial charge in [-0.25, -0.2) is 19.3 Å². The lowest BCUT2D eigenvalue weighted by atomic mass is 9.97. The average Bonchev–Trinajstić information content (AvgIpc) is 3.36. The highest BCUT2D eigenvalue weighted by Gasteiger charge is 2.53. The molecular weight excluding hydrogens is 452 g/mol. The number of hydrogen-bond acceptors (Lipinski definition) is 5. The number of aromatic nitrogens is 3. The first-order valence-corrected chi connectivity index (χ1v) is 10.8. The van der Waals surface area contributed by atoms with E-state index < -0.39 is 17.6 Å². The van der Waals surface area contributed by atoms with Crippen LogP contribution in [0.25, 0.3) is 11.4 Å². The van der Waals surface area contributed by atoms with Gasteiger partial charge >= 0.3 is 6.18 Å². The third-order valence-corrected chi connectivity index (χ3v) is 6.58. The standard InChI is InChI=1S/C24H20F4N4O2/c1-13-14-8-19(20(9-14)34-21-7-6-15(10-29-21)24(26,27)28)32(13)23(33)18-5-3-2-4-17(18)22-30-11-16(25)12-31-22/h2-7,10-14,19-20H,8-9H2,1H3/t13?,14?,19-,20+/m0/s1. The van der Waals surface area contributed by atoms with Gasteiger partial charge in [0.1, 0.15) is 6.10 Å². The molecule has 2 unspecified atom stereocenters. The van der Waals surface area contributed by atoms with Crippen LogP contribution in [0, 0.1) is 11.7 Å². The molecule has 2 bridgehead atoms. The molecule has 0 N–H and O–H groups in total. The summed E-state index contributed by atoms with van der Waals surface area (Å²) in [6.07, 6.45) is -0.612. The molecule has 1 aliphatic carbocycles. The van der Waals surface area contributed by atoms with Crippen LogP contribution in [0.2, 0.25) is 0 Å². The third kappa shape index (κ3) is 3.97. The van der Waals surface area contributed by atoms with Crippen molar-refractivity contribution in [2.45, 2.75) is 44.1 Å². The van der Waals surface area contributed by atoms with Gasteiger partial charge in [0.15, 0.2) is 11.6 Å². The van der Waals surface area contributed by atoms with E-state index >= 15 is 0 Å². The minimum absolute atomic E-state index is 0.0416. The Kier molecular flexibility index (Phi) is 5.45. The van der Waals surface area contributed by atoms with Gasteiger partial charge in [0.2, 0.25) is 5.88 Å². The number of hydrogen-bond donors (Lipinski definition) is 0. The van der Waals surface area contributed by atoms with Crippen molar-refractivity contribution in [1.29, 1.82) is 0 Å². The molecule has 1 amide bonds. The number of ether oxygens (including phenoxy) is 1. The lowest BCUT2D eigenvalue weighted by molar-refractivity contribution is -0.137. The summed E-state index contributed by atoms with van der Waals surface area (Å²) in [5.74, 6) is -0.274. The van der Waals surface area contributed by atoms with Crippen molar-refractivity contribution in [2.24, 2.45) is 5.92 Å². The fourth-order valence-electron chi connectivity index (χ4n) is 4.92. The van der Waals surface area contributed by atoms with E-state index in [1.54, 1.807) is 29.2 Å². The smallest absolute Gasteiger partial charge is 0.417 e. The molecule has 3 heterocycles. The monoisotopic (exact) mass is 472 g/mol. The van der Waals surface area contributed by atoms with E-state index in [9.17, 15) is 22.4 Å². The number of nitrogens with zero attached hydrogens (tertiary/aromatic N) is 4. The van der Waals surface area contributed by atoms with Crippen LogP contribution in [0.3, 0.4) is 0 Å². The number of rotatable bonds is 4. The second kappa shape index (κ2) is 8.34. The number of alkyl halides is 3. The van der Waals surface area contributed by atoms with Gasteiger partial charge in [0, 0.05) is 23.9 Å². The van der Waals surface area contributed by atoms with Crippen LogP contribution in [-0.2, 0) is 6.18 Å². The first-order chi connectivity index (χ1) is 16.2. The third-order valence-electron chi connectivity index (χ3n) is 6.58. The molecule has 2 aliphatic rings. The Hall–Kier alpha value is -3.56. The van der Waals surface area contributed by atoms with E-state index in [4.69, 9.17) is 4.74 Å². The molecule has 2 aromatic heterocycles. The molecule has 1 aromatic carbocycles. The zero-order valence-electron chi connectivity index (χ0n) is 18.0. The molecule has 1 saturated heterocycles. The number of likely N-dealkylation sites (tertiary alicyclic amines) is 1. The second-order valence-corrected chi connectivity index (χ2v) is 8.56. The van der Waals surface area contributed by atoms with Crippen molar-refractivity contribution in [1.82, 2.24) is 19.9 Å². The lowest BCUT2D eigenvalue weighted by Crippen LogP contribution is -2.51. The quantitative estimate of drug-likeness (QED) is 0.512. The van der Waals surface area contributed by atoms with Crippen molar-refractivity contribution in [3.05, 3.63) is 71.9 Å². The maximum Gasteiger partial charge on any atom is 0.417 e. The number of halogens is 4. The van der Waals surface area contributed by atoms with E-state index in [-0.39, 0.29) is 41.7 Å². The van der Waals surface area contributed by atoms with Crippen LogP contribution in [0.15, 0.2) is 55.0 Å². The number of fused-ring (bicyclic) bond motifs is 2. The maximum absolute atomic E-state index is 13.7. The fraction of sp³-hybridized carbons (Fsp3) is 0.333. The van der Waals surface area contributed by atoms with Gasteiger partial charge in [-0.1, -0.05) is 18.2 Å². The number of carbonyl (C=O) groups is 1. The summed E-state index contributed by atoms with van der Waals surface area (Å²) < 4.78 is 57.7. The molecule has 5 rings (SSSR count). The molecule has 176 valence electrons. The van der Waals surface area contributed by atoms with Gasteiger partial charge in [-0.3, -0.25) is 4.79 Å². The van der Waals surface area contributed by atoms with E-state index in [0.29, 0.717) is 17.5 Å². The summed E-state index contributed by atoms with van der Waals surface area (Å²) >= 11 is 0. The first-order valence-electron chi connectivity index (χ1n) is 10.8. The van der Waals surface area contributed by atoms with Gasteiger partial charge in [-0.2, -0.15) is 13.2 Å². The predicted molar refractivity (Wildman–Crippen MR) is 113 cm³/mol. The van der Waals surface area contributed by atoms with Crippen LogP contribution in [-0.4, -0.2) is 43.9 Å². The molecule has 4 atom stereocenters. The van der Waals surface area contributed by atoms with Crippen LogP contribution in [0.1, 0.15) is 35.7 Å². The number of benzene rings is 1. The van der Waals surface area contributed by atoms with Crippen molar-refractivity contribution >= 4 is 5.91 Å². The number of pyridine rings is 1. The van der Waals surface area contributed by atoms with Crippen LogP contribution in [0.4, 0.5) is 17.6 Å². The molecule has 1 aliphatic heterocycles. The topological polar surface area (TPSA) is 68.2 Å². The molecular formula is C24H20F4N4O2. The Balaban J connectivity index is 1.39. The first kappa shape index (κ1) is 22.2. The van der Waals surface area contributed by atoms with E-state index in [0.717, 1.165) is 31.1 Å². The highest BCUT2D eigenvalue weighted by Crippen LogP contribution is 2.45. The number of amides is 1. The highest BCUT2D eigenvalue weighted by molar-refractivity contribution is 6.00. The molecule has 1 saturated carbocycles. The summed E-state index contributed by atoms with van der Waals surface area (Å²) in [6, 6.07) is 8.71. The molecule has 3 aromatic rings. The Morgan fingerprint density at radius 1 is 1.03 bits per heavy atom. The molecule has 0 radical (unpaired) electrons. The SMILES string of the molecule is CC1C2C[C@@H](Oc3ccc(C(F)(F)F)cn3)[C@H](C2)N1C(=O)c1ccccc1-c1ncc(F)cn1. The number of carbonyl (C=O) groups excluding carboxylic acids is 1. The van der Waals surface area contributed by atoms with Gasteiger partial charge in [-0.05, 0) is 37.8 Å². The molecule has 6 nitrogen and oxygen atoms in total. The average molecular weight is 472 g/mol. The van der Waals surface area contributed by atoms with E-state index in [1.807, 2.05) is 6.92 Å². The molecule has 2 fully saturated rings. The summed E-state index contributed by atoms with van der Waals surface area (Å²) in [7, 11) is 0. The summed E-state index contributed by atoms with van der Waals surface area (Å²) in [5.41, 5.74) is 0.0297. The summed E-state index contributed by atoms with van der Waals surface area (Å²) in [4.78, 5) is 27.3. The van der Waals surface area contributed by atoms with Gasteiger partial charge in [0.25, 0.3) is 5.91 Å². The van der Waals surface area contributed by atoms with Gasteiger partial charge < -0.3 is 9.64 Å².